The van der Waals surface area contributed by atoms with Gasteiger partial charge in [-0.3, -0.25) is 9.67 Å². The molecule has 0 radical (unpaired) electrons. The third kappa shape index (κ3) is 4.85. The molecule has 0 aliphatic carbocycles. The predicted octanol–water partition coefficient (Wildman–Crippen LogP) is 2.63. The zero-order valence-electron chi connectivity index (χ0n) is 15.7. The van der Waals surface area contributed by atoms with Crippen molar-refractivity contribution in [3.8, 4) is 11.3 Å². The van der Waals surface area contributed by atoms with Gasteiger partial charge >= 0.3 is 0 Å². The molecule has 1 saturated heterocycles. The molecule has 1 fully saturated rings. The molecule has 3 rings (SSSR count). The highest BCUT2D eigenvalue weighted by Crippen LogP contribution is 2.23. The minimum Gasteiger partial charge on any atom is -0.316 e. The molecule has 7 heteroatoms. The number of anilines is 1. The number of rotatable bonds is 5. The van der Waals surface area contributed by atoms with Crippen LogP contribution >= 0.6 is 0 Å². The molecule has 3 heterocycles. The normalized spacial score (nSPS) is 16.7. The second kappa shape index (κ2) is 9.27. The van der Waals surface area contributed by atoms with Gasteiger partial charge in [0.1, 0.15) is 0 Å². The lowest BCUT2D eigenvalue weighted by Crippen LogP contribution is -2.37. The number of hydrogen-bond donors (Lipinski definition) is 1. The topological polar surface area (TPSA) is 71.2 Å². The van der Waals surface area contributed by atoms with E-state index in [1.165, 1.54) is 12.8 Å². The molecule has 0 amide bonds. The van der Waals surface area contributed by atoms with E-state index >= 15 is 0 Å². The van der Waals surface area contributed by atoms with E-state index in [2.05, 4.69) is 27.2 Å². The summed E-state index contributed by atoms with van der Waals surface area (Å²) in [7, 11) is 1.89. The first kappa shape index (κ1) is 19.1. The summed E-state index contributed by atoms with van der Waals surface area (Å²) in [5.41, 5.74) is 2.60. The minimum absolute atomic E-state index is 0.553. The first-order valence-corrected chi connectivity index (χ1v) is 8.95. The van der Waals surface area contributed by atoms with Gasteiger partial charge in [-0.2, -0.15) is 10.2 Å². The lowest BCUT2D eigenvalue weighted by Gasteiger charge is -2.28. The van der Waals surface area contributed by atoms with Crippen molar-refractivity contribution in [3.63, 3.8) is 0 Å². The van der Waals surface area contributed by atoms with E-state index in [9.17, 15) is 0 Å². The third-order valence-electron chi connectivity index (χ3n) is 4.18. The van der Waals surface area contributed by atoms with E-state index in [0.717, 1.165) is 42.4 Å². The second-order valence-corrected chi connectivity index (χ2v) is 6.00. The highest BCUT2D eigenvalue weighted by atomic mass is 15.5. The molecule has 0 saturated carbocycles. The molecule has 0 aromatic carbocycles. The lowest BCUT2D eigenvalue weighted by atomic mass is 9.99. The van der Waals surface area contributed by atoms with Gasteiger partial charge in [0.25, 0.3) is 0 Å². The summed E-state index contributed by atoms with van der Waals surface area (Å²) < 4.78 is 1.76. The van der Waals surface area contributed by atoms with Crippen LogP contribution in [0.5, 0.6) is 0 Å². The second-order valence-electron chi connectivity index (χ2n) is 6.00. The maximum atomic E-state index is 4.75. The maximum absolute atomic E-state index is 4.75. The summed E-state index contributed by atoms with van der Waals surface area (Å²) in [6.45, 7) is 12.6. The molecule has 7 nitrogen and oxygen atoms in total. The smallest absolute Gasteiger partial charge is 0.171 e. The molecule has 1 aliphatic rings. The van der Waals surface area contributed by atoms with Crippen molar-refractivity contribution >= 4 is 12.5 Å². The highest BCUT2D eigenvalue weighted by molar-refractivity contribution is 5.59. The van der Waals surface area contributed by atoms with Crippen LogP contribution in [0.1, 0.15) is 32.4 Å². The van der Waals surface area contributed by atoms with Crippen LogP contribution in [0, 0.1) is 12.8 Å². The quantitative estimate of drug-likeness (QED) is 0.667. The first-order valence-electron chi connectivity index (χ1n) is 8.95. The fraction of sp³-hybridized carbons (Fsp3) is 0.556. The van der Waals surface area contributed by atoms with Crippen LogP contribution in [0.15, 0.2) is 23.7 Å². The monoisotopic (exact) mass is 343 g/mol. The number of piperidine rings is 1. The number of nitrogens with zero attached hydrogens (tertiary/aromatic N) is 6. The Hall–Kier alpha value is -2.28. The Labute approximate surface area is 150 Å². The Morgan fingerprint density at radius 3 is 2.80 bits per heavy atom. The predicted molar refractivity (Wildman–Crippen MR) is 103 cm³/mol. The summed E-state index contributed by atoms with van der Waals surface area (Å²) in [5.74, 6) is 1.32. The van der Waals surface area contributed by atoms with Crippen LogP contribution in [-0.2, 0) is 7.05 Å². The molecule has 0 bridgehead atoms. The summed E-state index contributed by atoms with van der Waals surface area (Å²) in [4.78, 5) is 9.23. The van der Waals surface area contributed by atoms with E-state index in [0.29, 0.717) is 5.92 Å². The van der Waals surface area contributed by atoms with Crippen LogP contribution in [0.4, 0.5) is 5.82 Å². The zero-order chi connectivity index (χ0) is 18.2. The van der Waals surface area contributed by atoms with Gasteiger partial charge in [0.15, 0.2) is 5.82 Å². The summed E-state index contributed by atoms with van der Waals surface area (Å²) in [6.07, 6.45) is 7.91. The largest absolute Gasteiger partial charge is 0.316 e. The molecule has 1 N–H and O–H groups in total. The minimum atomic E-state index is 0.553. The van der Waals surface area contributed by atoms with E-state index in [4.69, 9.17) is 4.98 Å². The van der Waals surface area contributed by atoms with Crippen molar-refractivity contribution in [1.29, 1.82) is 0 Å². The molecule has 1 aliphatic heterocycles. The van der Waals surface area contributed by atoms with Crippen molar-refractivity contribution in [3.05, 3.63) is 24.3 Å². The van der Waals surface area contributed by atoms with Crippen LogP contribution < -0.4 is 10.3 Å². The van der Waals surface area contributed by atoms with Crippen LogP contribution in [0.3, 0.4) is 0 Å². The molecular weight excluding hydrogens is 314 g/mol. The molecule has 136 valence electrons. The van der Waals surface area contributed by atoms with Gasteiger partial charge in [0.2, 0.25) is 0 Å². The number of hydrogen-bond acceptors (Lipinski definition) is 6. The van der Waals surface area contributed by atoms with Gasteiger partial charge in [-0.1, -0.05) is 13.8 Å². The Balaban J connectivity index is 0.00000109. The van der Waals surface area contributed by atoms with Gasteiger partial charge < -0.3 is 5.32 Å². The molecule has 25 heavy (non-hydrogen) atoms. The first-order chi connectivity index (χ1) is 12.2. The van der Waals surface area contributed by atoms with E-state index in [-0.39, 0.29) is 0 Å². The van der Waals surface area contributed by atoms with Crippen molar-refractivity contribution in [2.45, 2.75) is 33.6 Å². The number of aromatic nitrogens is 4. The number of hydrazone groups is 1. The van der Waals surface area contributed by atoms with E-state index < -0.39 is 0 Å². The molecule has 1 unspecified atom stereocenters. The Morgan fingerprint density at radius 2 is 2.20 bits per heavy atom. The van der Waals surface area contributed by atoms with Crippen molar-refractivity contribution in [1.82, 2.24) is 25.1 Å². The van der Waals surface area contributed by atoms with Crippen LogP contribution in [0.25, 0.3) is 11.3 Å². The molecule has 2 aromatic rings. The number of nitrogens with one attached hydrogen (secondary N) is 1. The summed E-state index contributed by atoms with van der Waals surface area (Å²) in [5, 5.41) is 13.7. The van der Waals surface area contributed by atoms with Crippen molar-refractivity contribution < 1.29 is 0 Å². The van der Waals surface area contributed by atoms with Crippen LogP contribution in [-0.4, -0.2) is 46.1 Å². The zero-order valence-corrected chi connectivity index (χ0v) is 15.7. The molecule has 0 spiro atoms. The van der Waals surface area contributed by atoms with Crippen molar-refractivity contribution in [2.75, 3.05) is 24.6 Å². The van der Waals surface area contributed by atoms with Gasteiger partial charge in [-0.15, -0.1) is 0 Å². The van der Waals surface area contributed by atoms with E-state index in [1.54, 1.807) is 17.1 Å². The fourth-order valence-electron chi connectivity index (χ4n) is 2.91. The molecular formula is C18H29N7. The standard InChI is InChI=1S/C16H23N7.C2H6/c1-12-16(23(17-2)10-13-5-4-6-18-7-13)21-15(9-19-12)14-8-20-22(3)11-14;1-2/h8-9,11,13,18H,2,4-7,10H2,1,3H3;1-2H3. The van der Waals surface area contributed by atoms with Gasteiger partial charge in [-0.05, 0) is 38.8 Å². The highest BCUT2D eigenvalue weighted by Gasteiger charge is 2.20. The van der Waals surface area contributed by atoms with Gasteiger partial charge in [-0.25, -0.2) is 9.99 Å². The van der Waals surface area contributed by atoms with Gasteiger partial charge in [0, 0.05) is 32.1 Å². The third-order valence-corrected chi connectivity index (χ3v) is 4.18. The SMILES string of the molecule is C=NN(CC1CCCNC1)c1nc(-c2cnn(C)c2)cnc1C.CC. The van der Waals surface area contributed by atoms with E-state index in [1.807, 2.05) is 39.0 Å². The Bertz CT molecular complexity index is 674. The average Bonchev–Trinajstić information content (AvgIpc) is 3.09. The van der Waals surface area contributed by atoms with Crippen LogP contribution in [0.2, 0.25) is 0 Å². The fourth-order valence-corrected chi connectivity index (χ4v) is 2.91. The Morgan fingerprint density at radius 1 is 1.40 bits per heavy atom. The average molecular weight is 343 g/mol. The van der Waals surface area contributed by atoms with Gasteiger partial charge in [0.05, 0.1) is 23.8 Å². The summed E-state index contributed by atoms with van der Waals surface area (Å²) in [6, 6.07) is 0. The molecule has 1 atom stereocenters. The lowest BCUT2D eigenvalue weighted by molar-refractivity contribution is 0.377. The summed E-state index contributed by atoms with van der Waals surface area (Å²) >= 11 is 0. The maximum Gasteiger partial charge on any atom is 0.171 e. The van der Waals surface area contributed by atoms with Crippen molar-refractivity contribution in [2.24, 2.45) is 18.1 Å². The Kier molecular flexibility index (Phi) is 7.06. The molecule has 2 aromatic heterocycles. The number of aryl methyl sites for hydroxylation is 2.